The van der Waals surface area contributed by atoms with Gasteiger partial charge in [-0.2, -0.15) is 5.26 Å². The van der Waals surface area contributed by atoms with Gasteiger partial charge < -0.3 is 9.84 Å². The van der Waals surface area contributed by atoms with Crippen molar-refractivity contribution in [3.63, 3.8) is 0 Å². The van der Waals surface area contributed by atoms with E-state index < -0.39 is 5.97 Å². The van der Waals surface area contributed by atoms with Gasteiger partial charge >= 0.3 is 5.97 Å². The minimum atomic E-state index is -0.969. The van der Waals surface area contributed by atoms with Crippen LogP contribution in [0, 0.1) is 11.3 Å². The van der Waals surface area contributed by atoms with E-state index >= 15 is 0 Å². The molecule has 0 unspecified atom stereocenters. The van der Waals surface area contributed by atoms with Crippen LogP contribution in [-0.2, 0) is 11.4 Å². The van der Waals surface area contributed by atoms with Gasteiger partial charge in [-0.15, -0.1) is 0 Å². The Kier molecular flexibility index (Phi) is 4.73. The van der Waals surface area contributed by atoms with Crippen LogP contribution in [0.15, 0.2) is 54.6 Å². The molecule has 1 N–H and O–H groups in total. The van der Waals surface area contributed by atoms with Crippen LogP contribution >= 0.6 is 0 Å². The van der Waals surface area contributed by atoms with Crippen molar-refractivity contribution in [1.82, 2.24) is 0 Å². The first-order valence-corrected chi connectivity index (χ1v) is 6.30. The molecule has 0 radical (unpaired) electrons. The number of benzene rings is 2. The molecule has 104 valence electrons. The first-order chi connectivity index (χ1) is 10.2. The molecule has 0 saturated heterocycles. The maximum Gasteiger partial charge on any atom is 0.328 e. The number of nitriles is 1. The lowest BCUT2D eigenvalue weighted by atomic mass is 10.1. The predicted molar refractivity (Wildman–Crippen MR) is 78.6 cm³/mol. The Bertz CT molecular complexity index is 679. The average molecular weight is 279 g/mol. The number of ether oxygens (including phenoxy) is 1. The number of rotatable bonds is 5. The Morgan fingerprint density at radius 1 is 1.14 bits per heavy atom. The van der Waals surface area contributed by atoms with Crippen LogP contribution in [0.2, 0.25) is 0 Å². The molecule has 2 aromatic rings. The first kappa shape index (κ1) is 14.4. The van der Waals surface area contributed by atoms with Crippen LogP contribution in [-0.4, -0.2) is 11.1 Å². The summed E-state index contributed by atoms with van der Waals surface area (Å²) in [5.74, 6) is -0.271. The molecule has 21 heavy (non-hydrogen) atoms. The largest absolute Gasteiger partial charge is 0.489 e. The molecule has 0 heterocycles. The van der Waals surface area contributed by atoms with Gasteiger partial charge in [0.15, 0.2) is 0 Å². The summed E-state index contributed by atoms with van der Waals surface area (Å²) in [7, 11) is 0. The van der Waals surface area contributed by atoms with E-state index in [1.807, 2.05) is 24.3 Å². The molecule has 4 heteroatoms. The Morgan fingerprint density at radius 3 is 2.38 bits per heavy atom. The van der Waals surface area contributed by atoms with E-state index in [-0.39, 0.29) is 0 Å². The van der Waals surface area contributed by atoms with Gasteiger partial charge in [0.1, 0.15) is 12.4 Å². The molecule has 0 amide bonds. The maximum absolute atomic E-state index is 10.4. The summed E-state index contributed by atoms with van der Waals surface area (Å²) in [6, 6.07) is 16.4. The van der Waals surface area contributed by atoms with E-state index in [0.29, 0.717) is 17.9 Å². The van der Waals surface area contributed by atoms with Crippen LogP contribution in [0.1, 0.15) is 16.7 Å². The van der Waals surface area contributed by atoms with E-state index in [1.54, 1.807) is 24.3 Å². The summed E-state index contributed by atoms with van der Waals surface area (Å²) in [4.78, 5) is 10.4. The number of carboxylic acid groups (broad SMARTS) is 1. The smallest absolute Gasteiger partial charge is 0.328 e. The second kappa shape index (κ2) is 6.92. The highest BCUT2D eigenvalue weighted by Gasteiger charge is 1.97. The minimum absolute atomic E-state index is 0.412. The molecule has 0 saturated carbocycles. The standard InChI is InChI=1S/C17H13NO3/c18-11-14-5-8-16(9-6-14)21-12-15-3-1-13(2-4-15)7-10-17(19)20/h1-10H,12H2,(H,19,20). The van der Waals surface area contributed by atoms with Crippen molar-refractivity contribution in [2.45, 2.75) is 6.61 Å². The van der Waals surface area contributed by atoms with Crippen molar-refractivity contribution in [3.8, 4) is 11.8 Å². The van der Waals surface area contributed by atoms with Gasteiger partial charge in [0, 0.05) is 6.08 Å². The highest BCUT2D eigenvalue weighted by Crippen LogP contribution is 2.14. The number of nitrogens with zero attached hydrogens (tertiary/aromatic N) is 1. The third-order valence-corrected chi connectivity index (χ3v) is 2.79. The molecule has 0 spiro atoms. The van der Waals surface area contributed by atoms with Crippen LogP contribution in [0.25, 0.3) is 6.08 Å². The quantitative estimate of drug-likeness (QED) is 0.853. The van der Waals surface area contributed by atoms with Crippen molar-refractivity contribution < 1.29 is 14.6 Å². The molecular formula is C17H13NO3. The molecule has 0 atom stereocenters. The zero-order chi connectivity index (χ0) is 15.1. The highest BCUT2D eigenvalue weighted by molar-refractivity contribution is 5.85. The number of hydrogen-bond acceptors (Lipinski definition) is 3. The highest BCUT2D eigenvalue weighted by atomic mass is 16.5. The third kappa shape index (κ3) is 4.51. The van der Waals surface area contributed by atoms with E-state index in [9.17, 15) is 4.79 Å². The van der Waals surface area contributed by atoms with Gasteiger partial charge in [-0.05, 0) is 41.5 Å². The van der Waals surface area contributed by atoms with Gasteiger partial charge in [-0.1, -0.05) is 24.3 Å². The van der Waals surface area contributed by atoms with Gasteiger partial charge in [0.2, 0.25) is 0 Å². The predicted octanol–water partition coefficient (Wildman–Crippen LogP) is 3.24. The van der Waals surface area contributed by atoms with Gasteiger partial charge in [0.05, 0.1) is 11.6 Å². The maximum atomic E-state index is 10.4. The topological polar surface area (TPSA) is 70.3 Å². The van der Waals surface area contributed by atoms with E-state index in [0.717, 1.165) is 17.2 Å². The summed E-state index contributed by atoms with van der Waals surface area (Å²) in [5.41, 5.74) is 2.39. The Hall–Kier alpha value is -3.06. The SMILES string of the molecule is N#Cc1ccc(OCc2ccc(C=CC(=O)O)cc2)cc1. The number of carbonyl (C=O) groups is 1. The summed E-state index contributed by atoms with van der Waals surface area (Å²) >= 11 is 0. The Balaban J connectivity index is 1.94. The van der Waals surface area contributed by atoms with E-state index in [2.05, 4.69) is 6.07 Å². The summed E-state index contributed by atoms with van der Waals surface area (Å²) < 4.78 is 5.61. The molecule has 0 bridgehead atoms. The lowest BCUT2D eigenvalue weighted by Crippen LogP contribution is -1.95. The summed E-state index contributed by atoms with van der Waals surface area (Å²) in [5, 5.41) is 17.3. The molecule has 0 aliphatic rings. The number of aliphatic carboxylic acids is 1. The summed E-state index contributed by atoms with van der Waals surface area (Å²) in [6.45, 7) is 0.412. The van der Waals surface area contributed by atoms with Crippen molar-refractivity contribution in [1.29, 1.82) is 5.26 Å². The second-order valence-corrected chi connectivity index (χ2v) is 4.34. The number of hydrogen-bond donors (Lipinski definition) is 1. The first-order valence-electron chi connectivity index (χ1n) is 6.30. The lowest BCUT2D eigenvalue weighted by molar-refractivity contribution is -0.131. The third-order valence-electron chi connectivity index (χ3n) is 2.79. The van der Waals surface area contributed by atoms with Crippen LogP contribution in [0.5, 0.6) is 5.75 Å². The fourth-order valence-corrected chi connectivity index (χ4v) is 1.68. The van der Waals surface area contributed by atoms with E-state index in [1.165, 1.54) is 6.08 Å². The van der Waals surface area contributed by atoms with Crippen molar-refractivity contribution in [3.05, 3.63) is 71.3 Å². The molecule has 0 aromatic heterocycles. The van der Waals surface area contributed by atoms with Crippen molar-refractivity contribution in [2.75, 3.05) is 0 Å². The van der Waals surface area contributed by atoms with Crippen LogP contribution in [0.3, 0.4) is 0 Å². The monoisotopic (exact) mass is 279 g/mol. The minimum Gasteiger partial charge on any atom is -0.489 e. The molecular weight excluding hydrogens is 266 g/mol. The van der Waals surface area contributed by atoms with Crippen molar-refractivity contribution >= 4 is 12.0 Å². The molecule has 0 aliphatic carbocycles. The molecule has 2 aromatic carbocycles. The van der Waals surface area contributed by atoms with E-state index in [4.69, 9.17) is 15.1 Å². The summed E-state index contributed by atoms with van der Waals surface area (Å²) in [6.07, 6.45) is 2.63. The molecule has 4 nitrogen and oxygen atoms in total. The Labute approximate surface area is 122 Å². The second-order valence-electron chi connectivity index (χ2n) is 4.34. The zero-order valence-electron chi connectivity index (χ0n) is 11.2. The molecule has 0 fully saturated rings. The number of carboxylic acids is 1. The normalized spacial score (nSPS) is 10.2. The Morgan fingerprint density at radius 2 is 1.81 bits per heavy atom. The zero-order valence-corrected chi connectivity index (χ0v) is 11.2. The molecule has 2 rings (SSSR count). The fourth-order valence-electron chi connectivity index (χ4n) is 1.68. The van der Waals surface area contributed by atoms with Gasteiger partial charge in [0.25, 0.3) is 0 Å². The van der Waals surface area contributed by atoms with Gasteiger partial charge in [-0.3, -0.25) is 0 Å². The van der Waals surface area contributed by atoms with Gasteiger partial charge in [-0.25, -0.2) is 4.79 Å². The van der Waals surface area contributed by atoms with Crippen molar-refractivity contribution in [2.24, 2.45) is 0 Å². The lowest BCUT2D eigenvalue weighted by Gasteiger charge is -2.06. The average Bonchev–Trinajstić information content (AvgIpc) is 2.52. The fraction of sp³-hybridized carbons (Fsp3) is 0.0588. The molecule has 0 aliphatic heterocycles. The van der Waals surface area contributed by atoms with Crippen LogP contribution in [0.4, 0.5) is 0 Å². The van der Waals surface area contributed by atoms with Crippen LogP contribution < -0.4 is 4.74 Å².